The number of nitrogens with zero attached hydrogens (tertiary/aromatic N) is 1. The van der Waals surface area contributed by atoms with Crippen LogP contribution in [0.25, 0.3) is 0 Å². The molecule has 1 fully saturated rings. The van der Waals surface area contributed by atoms with Gasteiger partial charge in [-0.05, 0) is 31.2 Å². The molecule has 1 heterocycles. The maximum absolute atomic E-state index is 12.2. The van der Waals surface area contributed by atoms with Gasteiger partial charge in [-0.3, -0.25) is 9.59 Å². The van der Waals surface area contributed by atoms with E-state index in [-0.39, 0.29) is 17.9 Å². The van der Waals surface area contributed by atoms with Crippen LogP contribution in [0.1, 0.15) is 44.6 Å². The van der Waals surface area contributed by atoms with E-state index < -0.39 is 0 Å². The third-order valence-corrected chi connectivity index (χ3v) is 4.16. The van der Waals surface area contributed by atoms with Crippen molar-refractivity contribution in [2.45, 2.75) is 51.5 Å². The molecule has 0 atom stereocenters. The number of likely N-dealkylation sites (tertiary alicyclic amines) is 1. The molecule has 0 aromatic heterocycles. The van der Waals surface area contributed by atoms with E-state index in [9.17, 15) is 9.59 Å². The van der Waals surface area contributed by atoms with Crippen LogP contribution >= 0.6 is 0 Å². The van der Waals surface area contributed by atoms with Crippen LogP contribution in [0.2, 0.25) is 0 Å². The van der Waals surface area contributed by atoms with Crippen molar-refractivity contribution in [2.75, 3.05) is 13.1 Å². The number of hydrogen-bond acceptors (Lipinski definition) is 2. The number of nitrogens with one attached hydrogen (secondary N) is 1. The molecule has 4 heteroatoms. The number of hydrogen-bond donors (Lipinski definition) is 1. The lowest BCUT2D eigenvalue weighted by molar-refractivity contribution is -0.132. The number of carbonyl (C=O) groups excluding carboxylic acids is 2. The van der Waals surface area contributed by atoms with Crippen molar-refractivity contribution < 1.29 is 9.59 Å². The quantitative estimate of drug-likeness (QED) is 0.878. The van der Waals surface area contributed by atoms with E-state index in [0.717, 1.165) is 38.8 Å². The van der Waals surface area contributed by atoms with Gasteiger partial charge in [0, 0.05) is 32.0 Å². The molecule has 1 aromatic rings. The molecule has 1 aliphatic rings. The SMILES string of the molecule is CCCC(=O)NC1CCN(C(=O)CCc2ccccc2)CC1. The Labute approximate surface area is 132 Å². The van der Waals surface area contributed by atoms with Gasteiger partial charge in [-0.1, -0.05) is 37.3 Å². The minimum absolute atomic E-state index is 0.136. The molecule has 4 nitrogen and oxygen atoms in total. The third kappa shape index (κ3) is 5.17. The van der Waals surface area contributed by atoms with Crippen molar-refractivity contribution in [1.29, 1.82) is 0 Å². The summed E-state index contributed by atoms with van der Waals surface area (Å²) in [6.07, 6.45) is 4.57. The highest BCUT2D eigenvalue weighted by molar-refractivity contribution is 5.77. The molecule has 1 aromatic carbocycles. The number of carbonyl (C=O) groups is 2. The van der Waals surface area contributed by atoms with Gasteiger partial charge < -0.3 is 10.2 Å². The highest BCUT2D eigenvalue weighted by Gasteiger charge is 2.23. The second-order valence-electron chi connectivity index (χ2n) is 5.96. The summed E-state index contributed by atoms with van der Waals surface area (Å²) in [6.45, 7) is 3.52. The fourth-order valence-corrected chi connectivity index (χ4v) is 2.85. The van der Waals surface area contributed by atoms with Gasteiger partial charge in [-0.25, -0.2) is 0 Å². The van der Waals surface area contributed by atoms with Gasteiger partial charge in [0.15, 0.2) is 0 Å². The normalized spacial score (nSPS) is 15.6. The Bertz CT molecular complexity index is 479. The maximum atomic E-state index is 12.2. The summed E-state index contributed by atoms with van der Waals surface area (Å²) in [5, 5.41) is 3.06. The number of amides is 2. The smallest absolute Gasteiger partial charge is 0.222 e. The van der Waals surface area contributed by atoms with Crippen LogP contribution in [0.3, 0.4) is 0 Å². The van der Waals surface area contributed by atoms with Gasteiger partial charge in [0.1, 0.15) is 0 Å². The maximum Gasteiger partial charge on any atom is 0.222 e. The summed E-state index contributed by atoms with van der Waals surface area (Å²) in [5.41, 5.74) is 1.21. The highest BCUT2D eigenvalue weighted by Crippen LogP contribution is 2.13. The average molecular weight is 302 g/mol. The highest BCUT2D eigenvalue weighted by atomic mass is 16.2. The molecule has 0 unspecified atom stereocenters. The zero-order chi connectivity index (χ0) is 15.8. The zero-order valence-corrected chi connectivity index (χ0v) is 13.4. The van der Waals surface area contributed by atoms with Gasteiger partial charge in [-0.2, -0.15) is 0 Å². The Hall–Kier alpha value is -1.84. The summed E-state index contributed by atoms with van der Waals surface area (Å²) in [7, 11) is 0. The van der Waals surface area contributed by atoms with Crippen LogP contribution in [0.15, 0.2) is 30.3 Å². The molecule has 22 heavy (non-hydrogen) atoms. The predicted molar refractivity (Wildman–Crippen MR) is 87.4 cm³/mol. The second kappa shape index (κ2) is 8.57. The van der Waals surface area contributed by atoms with Crippen LogP contribution in [0, 0.1) is 0 Å². The first-order chi connectivity index (χ1) is 10.7. The van der Waals surface area contributed by atoms with E-state index in [1.807, 2.05) is 30.0 Å². The molecular weight excluding hydrogens is 276 g/mol. The summed E-state index contributed by atoms with van der Waals surface area (Å²) in [5.74, 6) is 0.360. The molecule has 2 amide bonds. The Kier molecular flexibility index (Phi) is 6.44. The van der Waals surface area contributed by atoms with Crippen molar-refractivity contribution >= 4 is 11.8 Å². The molecule has 120 valence electrons. The Balaban J connectivity index is 1.69. The van der Waals surface area contributed by atoms with E-state index >= 15 is 0 Å². The van der Waals surface area contributed by atoms with E-state index in [4.69, 9.17) is 0 Å². The predicted octanol–water partition coefficient (Wildman–Crippen LogP) is 2.53. The van der Waals surface area contributed by atoms with Crippen LogP contribution < -0.4 is 5.32 Å². The van der Waals surface area contributed by atoms with E-state index in [1.165, 1.54) is 5.56 Å². The molecule has 1 N–H and O–H groups in total. The summed E-state index contributed by atoms with van der Waals surface area (Å²) < 4.78 is 0. The van der Waals surface area contributed by atoms with Crippen molar-refractivity contribution in [3.8, 4) is 0 Å². The van der Waals surface area contributed by atoms with Crippen LogP contribution in [0.5, 0.6) is 0 Å². The largest absolute Gasteiger partial charge is 0.353 e. The molecule has 1 saturated heterocycles. The van der Waals surface area contributed by atoms with E-state index in [2.05, 4.69) is 17.4 Å². The minimum Gasteiger partial charge on any atom is -0.353 e. The lowest BCUT2D eigenvalue weighted by Crippen LogP contribution is -2.46. The Morgan fingerprint density at radius 3 is 2.45 bits per heavy atom. The van der Waals surface area contributed by atoms with Gasteiger partial charge in [0.2, 0.25) is 11.8 Å². The first kappa shape index (κ1) is 16.5. The summed E-state index contributed by atoms with van der Waals surface area (Å²) in [6, 6.07) is 10.3. The van der Waals surface area contributed by atoms with Gasteiger partial charge in [0.25, 0.3) is 0 Å². The molecule has 1 aliphatic heterocycles. The van der Waals surface area contributed by atoms with Crippen LogP contribution in [0.4, 0.5) is 0 Å². The molecular formula is C18H26N2O2. The molecule has 0 aliphatic carbocycles. The van der Waals surface area contributed by atoms with E-state index in [0.29, 0.717) is 12.8 Å². The van der Waals surface area contributed by atoms with Crippen molar-refractivity contribution in [2.24, 2.45) is 0 Å². The molecule has 0 bridgehead atoms. The topological polar surface area (TPSA) is 49.4 Å². The van der Waals surface area contributed by atoms with Gasteiger partial charge >= 0.3 is 0 Å². The monoisotopic (exact) mass is 302 g/mol. The van der Waals surface area contributed by atoms with Crippen LogP contribution in [-0.2, 0) is 16.0 Å². The van der Waals surface area contributed by atoms with Crippen molar-refractivity contribution in [3.63, 3.8) is 0 Å². The molecule has 2 rings (SSSR count). The van der Waals surface area contributed by atoms with E-state index in [1.54, 1.807) is 0 Å². The number of piperidine rings is 1. The first-order valence-electron chi connectivity index (χ1n) is 8.30. The summed E-state index contributed by atoms with van der Waals surface area (Å²) >= 11 is 0. The lowest BCUT2D eigenvalue weighted by Gasteiger charge is -2.32. The number of benzene rings is 1. The first-order valence-corrected chi connectivity index (χ1v) is 8.30. The Morgan fingerprint density at radius 2 is 1.82 bits per heavy atom. The third-order valence-electron chi connectivity index (χ3n) is 4.16. The summed E-state index contributed by atoms with van der Waals surface area (Å²) in [4.78, 5) is 25.8. The minimum atomic E-state index is 0.136. The molecule has 0 saturated carbocycles. The fraction of sp³-hybridized carbons (Fsp3) is 0.556. The van der Waals surface area contributed by atoms with Crippen LogP contribution in [-0.4, -0.2) is 35.8 Å². The second-order valence-corrected chi connectivity index (χ2v) is 5.96. The molecule has 0 radical (unpaired) electrons. The standard InChI is InChI=1S/C18H26N2O2/c1-2-6-17(21)19-16-11-13-20(14-12-16)18(22)10-9-15-7-4-3-5-8-15/h3-5,7-8,16H,2,6,9-14H2,1H3,(H,19,21). The number of aryl methyl sites for hydroxylation is 1. The average Bonchev–Trinajstić information content (AvgIpc) is 2.54. The van der Waals surface area contributed by atoms with Crippen molar-refractivity contribution in [1.82, 2.24) is 10.2 Å². The number of rotatable bonds is 6. The van der Waals surface area contributed by atoms with Gasteiger partial charge in [-0.15, -0.1) is 0 Å². The van der Waals surface area contributed by atoms with Crippen molar-refractivity contribution in [3.05, 3.63) is 35.9 Å². The Morgan fingerprint density at radius 1 is 1.14 bits per heavy atom. The zero-order valence-electron chi connectivity index (χ0n) is 13.4. The molecule has 0 spiro atoms. The van der Waals surface area contributed by atoms with Gasteiger partial charge in [0.05, 0.1) is 0 Å². The fourth-order valence-electron chi connectivity index (χ4n) is 2.85. The lowest BCUT2D eigenvalue weighted by atomic mass is 10.0.